The summed E-state index contributed by atoms with van der Waals surface area (Å²) in [6, 6.07) is 9.38. The SMILES string of the molecule is CCS(=O)(=O)c1ccc(NC(C)c2ccc(C(F)(F)F)cc2)c(-c2cn(C)cn2)c1. The smallest absolute Gasteiger partial charge is 0.378 e. The zero-order valence-electron chi connectivity index (χ0n) is 16.7. The van der Waals surface area contributed by atoms with Gasteiger partial charge in [0.15, 0.2) is 9.84 Å². The van der Waals surface area contributed by atoms with E-state index < -0.39 is 21.6 Å². The van der Waals surface area contributed by atoms with Gasteiger partial charge < -0.3 is 9.88 Å². The minimum atomic E-state index is -4.39. The summed E-state index contributed by atoms with van der Waals surface area (Å²) in [5, 5.41) is 3.26. The molecule has 1 aromatic heterocycles. The molecule has 0 aliphatic carbocycles. The summed E-state index contributed by atoms with van der Waals surface area (Å²) in [4.78, 5) is 4.51. The Hall–Kier alpha value is -2.81. The van der Waals surface area contributed by atoms with E-state index in [1.54, 1.807) is 43.2 Å². The van der Waals surface area contributed by atoms with Crippen molar-refractivity contribution < 1.29 is 21.6 Å². The van der Waals surface area contributed by atoms with E-state index in [4.69, 9.17) is 0 Å². The van der Waals surface area contributed by atoms with E-state index in [1.807, 2.05) is 6.92 Å². The molecule has 3 aromatic rings. The lowest BCUT2D eigenvalue weighted by Gasteiger charge is -2.19. The first kappa shape index (κ1) is 21.9. The number of nitrogens with one attached hydrogen (secondary N) is 1. The quantitative estimate of drug-likeness (QED) is 0.585. The van der Waals surface area contributed by atoms with Crippen molar-refractivity contribution in [1.29, 1.82) is 0 Å². The lowest BCUT2D eigenvalue weighted by molar-refractivity contribution is -0.137. The summed E-state index contributed by atoms with van der Waals surface area (Å²) < 4.78 is 64.8. The molecule has 30 heavy (non-hydrogen) atoms. The predicted octanol–water partition coefficient (Wildman–Crippen LogP) is 5.07. The minimum absolute atomic E-state index is 0.0244. The molecule has 0 fully saturated rings. The zero-order valence-corrected chi connectivity index (χ0v) is 17.6. The first-order valence-corrected chi connectivity index (χ1v) is 11.0. The number of nitrogens with zero attached hydrogens (tertiary/aromatic N) is 2. The van der Waals surface area contributed by atoms with Crippen LogP contribution in [-0.4, -0.2) is 23.7 Å². The third kappa shape index (κ3) is 4.67. The highest BCUT2D eigenvalue weighted by Gasteiger charge is 2.30. The Morgan fingerprint density at radius 3 is 2.33 bits per heavy atom. The fourth-order valence-corrected chi connectivity index (χ4v) is 3.96. The molecule has 0 saturated heterocycles. The van der Waals surface area contributed by atoms with Crippen LogP contribution in [0, 0.1) is 0 Å². The maximum absolute atomic E-state index is 12.8. The Kier molecular flexibility index (Phi) is 5.94. The lowest BCUT2D eigenvalue weighted by atomic mass is 10.0. The molecule has 1 N–H and O–H groups in total. The van der Waals surface area contributed by atoms with Crippen molar-refractivity contribution in [2.75, 3.05) is 11.1 Å². The summed E-state index contributed by atoms with van der Waals surface area (Å²) in [5.41, 5.74) is 1.79. The number of imidazole rings is 1. The molecule has 0 radical (unpaired) electrons. The fourth-order valence-electron chi connectivity index (χ4n) is 3.05. The molecule has 3 rings (SSSR count). The Labute approximate surface area is 173 Å². The lowest BCUT2D eigenvalue weighted by Crippen LogP contribution is -2.10. The first-order chi connectivity index (χ1) is 14.0. The molecule has 160 valence electrons. The average molecular weight is 437 g/mol. The highest BCUT2D eigenvalue weighted by Crippen LogP contribution is 2.34. The topological polar surface area (TPSA) is 64.0 Å². The number of anilines is 1. The van der Waals surface area contributed by atoms with Gasteiger partial charge in [0.05, 0.1) is 28.2 Å². The number of alkyl halides is 3. The van der Waals surface area contributed by atoms with Gasteiger partial charge in [-0.2, -0.15) is 13.2 Å². The van der Waals surface area contributed by atoms with Crippen molar-refractivity contribution in [3.8, 4) is 11.3 Å². The number of halogens is 3. The van der Waals surface area contributed by atoms with Crippen molar-refractivity contribution >= 4 is 15.5 Å². The summed E-state index contributed by atoms with van der Waals surface area (Å²) in [5.74, 6) is -0.0244. The number of aromatic nitrogens is 2. The third-order valence-corrected chi connectivity index (χ3v) is 6.55. The van der Waals surface area contributed by atoms with Crippen molar-refractivity contribution in [2.24, 2.45) is 7.05 Å². The van der Waals surface area contributed by atoms with Gasteiger partial charge in [0, 0.05) is 30.5 Å². The van der Waals surface area contributed by atoms with Crippen molar-refractivity contribution in [3.63, 3.8) is 0 Å². The molecule has 0 amide bonds. The molecule has 0 saturated carbocycles. The standard InChI is InChI=1S/C21H22F3N3O2S/c1-4-30(28,29)17-9-10-19(18(11-17)20-12-27(3)13-25-20)26-14(2)15-5-7-16(8-6-15)21(22,23)24/h5-14,26H,4H2,1-3H3. The third-order valence-electron chi connectivity index (χ3n) is 4.82. The zero-order chi connectivity index (χ0) is 22.1. The Balaban J connectivity index is 1.96. The molecule has 0 bridgehead atoms. The van der Waals surface area contributed by atoms with Gasteiger partial charge in [0.1, 0.15) is 0 Å². The molecule has 2 aromatic carbocycles. The van der Waals surface area contributed by atoms with E-state index in [2.05, 4.69) is 10.3 Å². The second kappa shape index (κ2) is 8.14. The van der Waals surface area contributed by atoms with Gasteiger partial charge in [-0.05, 0) is 42.8 Å². The van der Waals surface area contributed by atoms with E-state index in [9.17, 15) is 21.6 Å². The fraction of sp³-hybridized carbons (Fsp3) is 0.286. The van der Waals surface area contributed by atoms with Crippen LogP contribution in [0.25, 0.3) is 11.3 Å². The van der Waals surface area contributed by atoms with Gasteiger partial charge in [-0.3, -0.25) is 0 Å². The van der Waals surface area contributed by atoms with Crippen LogP contribution in [0.2, 0.25) is 0 Å². The second-order valence-corrected chi connectivity index (χ2v) is 9.30. The predicted molar refractivity (Wildman–Crippen MR) is 110 cm³/mol. The number of sulfone groups is 1. The van der Waals surface area contributed by atoms with Crippen molar-refractivity contribution in [3.05, 3.63) is 66.1 Å². The normalized spacial score (nSPS) is 13.3. The molecular weight excluding hydrogens is 415 g/mol. The van der Waals surface area contributed by atoms with Crippen molar-refractivity contribution in [1.82, 2.24) is 9.55 Å². The molecule has 0 spiro atoms. The summed E-state index contributed by atoms with van der Waals surface area (Å²) in [7, 11) is -1.60. The van der Waals surface area contributed by atoms with Gasteiger partial charge in [-0.15, -0.1) is 0 Å². The van der Waals surface area contributed by atoms with Crippen LogP contribution in [0.3, 0.4) is 0 Å². The van der Waals surface area contributed by atoms with Crippen LogP contribution in [0.4, 0.5) is 18.9 Å². The average Bonchev–Trinajstić information content (AvgIpc) is 3.13. The van der Waals surface area contributed by atoms with E-state index in [1.165, 1.54) is 18.2 Å². The maximum atomic E-state index is 12.8. The molecule has 9 heteroatoms. The van der Waals surface area contributed by atoms with Crippen LogP contribution >= 0.6 is 0 Å². The molecule has 1 unspecified atom stereocenters. The Bertz CT molecular complexity index is 1140. The van der Waals surface area contributed by atoms with Gasteiger partial charge in [-0.1, -0.05) is 19.1 Å². The van der Waals surface area contributed by atoms with Crippen LogP contribution in [0.15, 0.2) is 59.9 Å². The van der Waals surface area contributed by atoms with E-state index in [0.29, 0.717) is 22.5 Å². The van der Waals surface area contributed by atoms with Crippen molar-refractivity contribution in [2.45, 2.75) is 31.0 Å². The number of aryl methyl sites for hydroxylation is 1. The Morgan fingerprint density at radius 2 is 1.80 bits per heavy atom. The van der Waals surface area contributed by atoms with Crippen LogP contribution < -0.4 is 5.32 Å². The van der Waals surface area contributed by atoms with Gasteiger partial charge in [0.2, 0.25) is 0 Å². The molecule has 1 heterocycles. The molecule has 0 aliphatic rings. The van der Waals surface area contributed by atoms with Crippen LogP contribution in [0.1, 0.15) is 31.0 Å². The highest BCUT2D eigenvalue weighted by molar-refractivity contribution is 7.91. The minimum Gasteiger partial charge on any atom is -0.378 e. The number of benzene rings is 2. The largest absolute Gasteiger partial charge is 0.416 e. The monoisotopic (exact) mass is 437 g/mol. The molecular formula is C21H22F3N3O2S. The van der Waals surface area contributed by atoms with E-state index >= 15 is 0 Å². The summed E-state index contributed by atoms with van der Waals surface area (Å²) in [6.07, 6.45) is -1.01. The number of hydrogen-bond acceptors (Lipinski definition) is 4. The van der Waals surface area contributed by atoms with Gasteiger partial charge in [0.25, 0.3) is 0 Å². The van der Waals surface area contributed by atoms with Crippen LogP contribution in [0.5, 0.6) is 0 Å². The molecule has 0 aliphatic heterocycles. The summed E-state index contributed by atoms with van der Waals surface area (Å²) in [6.45, 7) is 3.40. The van der Waals surface area contributed by atoms with E-state index in [0.717, 1.165) is 12.1 Å². The van der Waals surface area contributed by atoms with E-state index in [-0.39, 0.29) is 16.7 Å². The molecule has 5 nitrogen and oxygen atoms in total. The second-order valence-electron chi connectivity index (χ2n) is 7.02. The highest BCUT2D eigenvalue weighted by atomic mass is 32.2. The van der Waals surface area contributed by atoms with Crippen LogP contribution in [-0.2, 0) is 23.1 Å². The molecule has 1 atom stereocenters. The first-order valence-electron chi connectivity index (χ1n) is 9.30. The van der Waals surface area contributed by atoms with Gasteiger partial charge in [-0.25, -0.2) is 13.4 Å². The Morgan fingerprint density at radius 1 is 1.13 bits per heavy atom. The number of rotatable bonds is 6. The van der Waals surface area contributed by atoms with Gasteiger partial charge >= 0.3 is 6.18 Å². The maximum Gasteiger partial charge on any atom is 0.416 e. The summed E-state index contributed by atoms with van der Waals surface area (Å²) >= 11 is 0. The number of hydrogen-bond donors (Lipinski definition) is 1.